The summed E-state index contributed by atoms with van der Waals surface area (Å²) >= 11 is 0. The third-order valence-corrected chi connectivity index (χ3v) is 3.92. The van der Waals surface area contributed by atoms with Gasteiger partial charge in [-0.25, -0.2) is 4.39 Å². The molecule has 0 bridgehead atoms. The largest absolute Gasteiger partial charge is 0.389 e. The summed E-state index contributed by atoms with van der Waals surface area (Å²) in [5, 5.41) is 9.84. The zero-order valence-electron chi connectivity index (χ0n) is 11.5. The second-order valence-electron chi connectivity index (χ2n) is 5.29. The molecule has 1 N–H and O–H groups in total. The Balaban J connectivity index is 1.98. The molecular formula is C17H18FNO. The molecule has 0 amide bonds. The molecule has 0 spiro atoms. The Morgan fingerprint density at radius 1 is 1.10 bits per heavy atom. The van der Waals surface area contributed by atoms with Gasteiger partial charge in [-0.3, -0.25) is 0 Å². The van der Waals surface area contributed by atoms with E-state index in [9.17, 15) is 9.50 Å². The fourth-order valence-corrected chi connectivity index (χ4v) is 2.92. The molecule has 1 aliphatic heterocycles. The van der Waals surface area contributed by atoms with Crippen molar-refractivity contribution in [2.75, 3.05) is 11.4 Å². The van der Waals surface area contributed by atoms with Gasteiger partial charge >= 0.3 is 0 Å². The van der Waals surface area contributed by atoms with E-state index in [4.69, 9.17) is 0 Å². The van der Waals surface area contributed by atoms with Crippen molar-refractivity contribution in [1.82, 2.24) is 0 Å². The second-order valence-corrected chi connectivity index (χ2v) is 5.29. The average Bonchev–Trinajstić information content (AvgIpc) is 2.46. The van der Waals surface area contributed by atoms with Crippen LogP contribution in [0.15, 0.2) is 42.5 Å². The van der Waals surface area contributed by atoms with Gasteiger partial charge < -0.3 is 10.0 Å². The summed E-state index contributed by atoms with van der Waals surface area (Å²) < 4.78 is 14.0. The lowest BCUT2D eigenvalue weighted by atomic mass is 9.98. The molecule has 1 heterocycles. The molecule has 3 heteroatoms. The lowest BCUT2D eigenvalue weighted by Crippen LogP contribution is -2.31. The van der Waals surface area contributed by atoms with E-state index < -0.39 is 6.10 Å². The third kappa shape index (κ3) is 2.29. The summed E-state index contributed by atoms with van der Waals surface area (Å²) in [5.74, 6) is -0.337. The van der Waals surface area contributed by atoms with Crippen molar-refractivity contribution in [2.24, 2.45) is 0 Å². The quantitative estimate of drug-likeness (QED) is 0.904. The molecule has 0 saturated carbocycles. The van der Waals surface area contributed by atoms with Gasteiger partial charge in [0, 0.05) is 24.3 Å². The molecule has 0 radical (unpaired) electrons. The first-order chi connectivity index (χ1) is 9.66. The average molecular weight is 271 g/mol. The van der Waals surface area contributed by atoms with Gasteiger partial charge in [0.2, 0.25) is 0 Å². The minimum atomic E-state index is -0.802. The number of hydrogen-bond acceptors (Lipinski definition) is 2. The van der Waals surface area contributed by atoms with Crippen LogP contribution in [0.25, 0.3) is 0 Å². The molecule has 2 aromatic rings. The van der Waals surface area contributed by atoms with Crippen molar-refractivity contribution in [3.05, 3.63) is 65.0 Å². The van der Waals surface area contributed by atoms with Gasteiger partial charge in [0.1, 0.15) is 5.82 Å². The highest BCUT2D eigenvalue weighted by Crippen LogP contribution is 2.32. The van der Waals surface area contributed by atoms with Crippen LogP contribution in [0.1, 0.15) is 29.7 Å². The van der Waals surface area contributed by atoms with E-state index in [-0.39, 0.29) is 5.82 Å². The molecule has 3 rings (SSSR count). The molecule has 1 aliphatic rings. The second kappa shape index (κ2) is 5.25. The summed E-state index contributed by atoms with van der Waals surface area (Å²) in [7, 11) is 0. The van der Waals surface area contributed by atoms with E-state index in [1.807, 2.05) is 12.1 Å². The lowest BCUT2D eigenvalue weighted by Gasteiger charge is -2.32. The standard InChI is InChI=1S/C17H18FNO/c1-12(20)17-15(18)7-4-8-16(17)19-10-9-13-5-2-3-6-14(13)11-19/h2-8,12,20H,9-11H2,1H3. The van der Waals surface area contributed by atoms with Gasteiger partial charge in [-0.2, -0.15) is 0 Å². The Bertz CT molecular complexity index is 624. The number of hydrogen-bond donors (Lipinski definition) is 1. The number of halogens is 1. The highest BCUT2D eigenvalue weighted by molar-refractivity contribution is 5.57. The maximum atomic E-state index is 14.0. The van der Waals surface area contributed by atoms with Gasteiger partial charge in [0.25, 0.3) is 0 Å². The van der Waals surface area contributed by atoms with Crippen LogP contribution in [0.3, 0.4) is 0 Å². The molecule has 2 aromatic carbocycles. The topological polar surface area (TPSA) is 23.5 Å². The number of aliphatic hydroxyl groups excluding tert-OH is 1. The summed E-state index contributed by atoms with van der Waals surface area (Å²) in [6.45, 7) is 3.22. The summed E-state index contributed by atoms with van der Waals surface area (Å²) in [5.41, 5.74) is 3.83. The van der Waals surface area contributed by atoms with Crippen molar-refractivity contribution in [3.8, 4) is 0 Å². The van der Waals surface area contributed by atoms with E-state index in [2.05, 4.69) is 23.1 Å². The zero-order valence-corrected chi connectivity index (χ0v) is 11.5. The SMILES string of the molecule is CC(O)c1c(F)cccc1N1CCc2ccccc2C1. The van der Waals surface area contributed by atoms with Crippen molar-refractivity contribution in [3.63, 3.8) is 0 Å². The highest BCUT2D eigenvalue weighted by atomic mass is 19.1. The van der Waals surface area contributed by atoms with E-state index in [1.54, 1.807) is 13.0 Å². The highest BCUT2D eigenvalue weighted by Gasteiger charge is 2.21. The predicted molar refractivity (Wildman–Crippen MR) is 78.2 cm³/mol. The molecule has 104 valence electrons. The number of nitrogens with zero attached hydrogens (tertiary/aromatic N) is 1. The minimum Gasteiger partial charge on any atom is -0.389 e. The molecule has 1 atom stereocenters. The Morgan fingerprint density at radius 3 is 2.60 bits per heavy atom. The number of rotatable bonds is 2. The molecule has 0 aromatic heterocycles. The summed E-state index contributed by atoms with van der Waals surface area (Å²) in [4.78, 5) is 2.15. The first kappa shape index (κ1) is 13.1. The van der Waals surface area contributed by atoms with E-state index >= 15 is 0 Å². The molecular weight excluding hydrogens is 253 g/mol. The van der Waals surface area contributed by atoms with Crippen LogP contribution in [0.5, 0.6) is 0 Å². The van der Waals surface area contributed by atoms with Crippen LogP contribution < -0.4 is 4.90 Å². The minimum absolute atomic E-state index is 0.337. The summed E-state index contributed by atoms with van der Waals surface area (Å²) in [6, 6.07) is 13.3. The number of fused-ring (bicyclic) bond motifs is 1. The van der Waals surface area contributed by atoms with Gasteiger partial charge in [-0.05, 0) is 36.6 Å². The summed E-state index contributed by atoms with van der Waals surface area (Å²) in [6.07, 6.45) is 0.148. The predicted octanol–water partition coefficient (Wildman–Crippen LogP) is 3.44. The molecule has 1 unspecified atom stereocenters. The number of anilines is 1. The molecule has 0 aliphatic carbocycles. The monoisotopic (exact) mass is 271 g/mol. The van der Waals surface area contributed by atoms with E-state index in [0.717, 1.165) is 25.2 Å². The lowest BCUT2D eigenvalue weighted by molar-refractivity contribution is 0.194. The molecule has 20 heavy (non-hydrogen) atoms. The fraction of sp³-hybridized carbons (Fsp3) is 0.294. The van der Waals surface area contributed by atoms with Gasteiger partial charge in [0.15, 0.2) is 0 Å². The van der Waals surface area contributed by atoms with Gasteiger partial charge in [0.05, 0.1) is 6.10 Å². The number of aliphatic hydroxyl groups is 1. The first-order valence-electron chi connectivity index (χ1n) is 6.95. The third-order valence-electron chi connectivity index (χ3n) is 3.92. The van der Waals surface area contributed by atoms with Crippen molar-refractivity contribution >= 4 is 5.69 Å². The normalized spacial score (nSPS) is 15.8. The Hall–Kier alpha value is -1.87. The van der Waals surface area contributed by atoms with Crippen LogP contribution in [0.4, 0.5) is 10.1 Å². The Labute approximate surface area is 118 Å². The fourth-order valence-electron chi connectivity index (χ4n) is 2.92. The van der Waals surface area contributed by atoms with Crippen LogP contribution in [0, 0.1) is 5.82 Å². The molecule has 0 saturated heterocycles. The van der Waals surface area contributed by atoms with Crippen LogP contribution in [-0.2, 0) is 13.0 Å². The molecule has 2 nitrogen and oxygen atoms in total. The van der Waals surface area contributed by atoms with Gasteiger partial charge in [-0.1, -0.05) is 30.3 Å². The maximum Gasteiger partial charge on any atom is 0.131 e. The zero-order chi connectivity index (χ0) is 14.1. The Kier molecular flexibility index (Phi) is 3.45. The Morgan fingerprint density at radius 2 is 1.85 bits per heavy atom. The smallest absolute Gasteiger partial charge is 0.131 e. The first-order valence-corrected chi connectivity index (χ1v) is 6.95. The van der Waals surface area contributed by atoms with E-state index in [1.165, 1.54) is 17.2 Å². The van der Waals surface area contributed by atoms with Crippen molar-refractivity contribution in [1.29, 1.82) is 0 Å². The van der Waals surface area contributed by atoms with E-state index in [0.29, 0.717) is 5.56 Å². The van der Waals surface area contributed by atoms with Gasteiger partial charge in [-0.15, -0.1) is 0 Å². The number of benzene rings is 2. The van der Waals surface area contributed by atoms with Crippen LogP contribution >= 0.6 is 0 Å². The van der Waals surface area contributed by atoms with Crippen molar-refractivity contribution < 1.29 is 9.50 Å². The maximum absolute atomic E-state index is 14.0. The van der Waals surface area contributed by atoms with Crippen LogP contribution in [-0.4, -0.2) is 11.7 Å². The van der Waals surface area contributed by atoms with Crippen molar-refractivity contribution in [2.45, 2.75) is 26.0 Å². The molecule has 0 fully saturated rings. The van der Waals surface area contributed by atoms with Crippen LogP contribution in [0.2, 0.25) is 0 Å².